The molecule has 1 unspecified atom stereocenters. The number of nitrogens with zero attached hydrogens (tertiary/aromatic N) is 6. The standard InChI is InChI=1S/C31H30F3N3O4S.C29H26ClF2N3O3S.C26H28F3N3O2S/c1-20(35-14-21-5-4-6-24(11-21)31(32,33)34)26-18-42-30(36-26)17-37(15-22-7-10-27-29(12-22)41-19-40-27)16-23-8-9-25(38-2)13-28(23)39-3;1-29(31,32)22-4-2-3-20(11-22)13-33-28(36)24-17-39-27(34-24)16-35(14-19-5-8-23(30)9-6-19)15-21-7-10-25-26(12-21)38-18-37-25;1-4-17(2)30-18(3)22-15-35-25(31-22)14-32(12-19-6-5-7-21(10-19)26(27,28)29)13-20-8-9-23-24(11-20)34-16-33-23/h4-13,18,35H,1,14-17,19H2,2-3H3;2-12,17H,13-16,18H2,1H3,(H,33,36);5-11,15,17,30H,3-4,12-14,16H2,1-2H3. The van der Waals surface area contributed by atoms with Gasteiger partial charge in [-0.2, -0.15) is 26.3 Å². The number of rotatable bonds is 32. The van der Waals surface area contributed by atoms with Crippen molar-refractivity contribution in [3.8, 4) is 46.0 Å². The number of nitrogens with one attached hydrogen (secondary N) is 3. The van der Waals surface area contributed by atoms with Gasteiger partial charge in [-0.05, 0) is 131 Å². The third-order valence-corrected chi connectivity index (χ3v) is 21.4. The Morgan fingerprint density at radius 3 is 1.35 bits per heavy atom. The van der Waals surface area contributed by atoms with Crippen LogP contribution in [0.2, 0.25) is 5.02 Å². The number of alkyl halides is 8. The van der Waals surface area contributed by atoms with Crippen molar-refractivity contribution in [1.82, 2.24) is 45.6 Å². The molecule has 1 atom stereocenters. The summed E-state index contributed by atoms with van der Waals surface area (Å²) in [6, 6.07) is 47.9. The second kappa shape index (κ2) is 38.8. The molecule has 11 aromatic rings. The van der Waals surface area contributed by atoms with E-state index in [1.807, 2.05) is 108 Å². The van der Waals surface area contributed by atoms with Crippen molar-refractivity contribution < 1.29 is 77.8 Å². The fraction of sp³-hybridized carbons (Fsp3) is 0.279. The first kappa shape index (κ1) is 84.6. The van der Waals surface area contributed by atoms with Crippen LogP contribution in [-0.4, -0.2) is 76.2 Å². The van der Waals surface area contributed by atoms with Crippen LogP contribution < -0.4 is 53.8 Å². The Balaban J connectivity index is 0.000000161. The molecule has 608 valence electrons. The van der Waals surface area contributed by atoms with Crippen LogP contribution in [0.3, 0.4) is 0 Å². The van der Waals surface area contributed by atoms with E-state index in [4.69, 9.17) is 59.5 Å². The van der Waals surface area contributed by atoms with E-state index < -0.39 is 29.4 Å². The molecule has 30 heteroatoms. The van der Waals surface area contributed by atoms with Gasteiger partial charge in [-0.25, -0.2) is 23.7 Å². The van der Waals surface area contributed by atoms with Crippen molar-refractivity contribution in [1.29, 1.82) is 0 Å². The average Bonchev–Trinajstić information content (AvgIpc) is 1.62. The zero-order chi connectivity index (χ0) is 82.1. The van der Waals surface area contributed by atoms with Gasteiger partial charge in [0.05, 0.1) is 67.8 Å². The number of halogens is 9. The predicted octanol–water partition coefficient (Wildman–Crippen LogP) is 20.1. The molecule has 116 heavy (non-hydrogen) atoms. The van der Waals surface area contributed by atoms with E-state index in [-0.39, 0.29) is 51.0 Å². The molecule has 3 aliphatic heterocycles. The van der Waals surface area contributed by atoms with E-state index in [1.54, 1.807) is 43.9 Å². The topological polar surface area (TPSA) is 175 Å². The van der Waals surface area contributed by atoms with E-state index >= 15 is 0 Å². The van der Waals surface area contributed by atoms with Gasteiger partial charge in [0, 0.05) is 104 Å². The third kappa shape index (κ3) is 23.9. The molecule has 3 aromatic heterocycles. The van der Waals surface area contributed by atoms with E-state index in [9.17, 15) is 39.9 Å². The SMILES string of the molecule is C=C(NC(C)CC)c1csc(CN(Cc2cccc(C(F)(F)F)c2)Cc2ccc3c(c2)OCO3)n1.C=C(NCc1cccc(C(F)(F)F)c1)c1csc(CN(Cc2ccc3c(c2)OCO3)Cc2ccc(OC)cc2OC)n1.CC(F)(F)c1cccc(CNC(=O)c2csc(CN(Cc3ccc(Cl)cc3)Cc3ccc4c(c3)OCO4)n2)c1. The van der Waals surface area contributed by atoms with Gasteiger partial charge >= 0.3 is 12.4 Å². The lowest BCUT2D eigenvalue weighted by molar-refractivity contribution is -0.138. The summed E-state index contributed by atoms with van der Waals surface area (Å²) in [4.78, 5) is 33.3. The predicted molar refractivity (Wildman–Crippen MR) is 432 cm³/mol. The fourth-order valence-corrected chi connectivity index (χ4v) is 15.2. The number of fused-ring (bicyclic) bond motifs is 3. The lowest BCUT2D eigenvalue weighted by Crippen LogP contribution is -2.24. The summed E-state index contributed by atoms with van der Waals surface area (Å²) in [5.41, 5.74) is 8.45. The molecule has 3 N–H and O–H groups in total. The first-order chi connectivity index (χ1) is 55.6. The minimum absolute atomic E-state index is 0.0894. The van der Waals surface area contributed by atoms with Crippen molar-refractivity contribution in [3.05, 3.63) is 297 Å². The summed E-state index contributed by atoms with van der Waals surface area (Å²) in [7, 11) is 3.24. The lowest BCUT2D eigenvalue weighted by Gasteiger charge is -2.23. The number of carbonyl (C=O) groups excluding carboxylic acids is 1. The van der Waals surface area contributed by atoms with Crippen LogP contribution in [0.1, 0.15) is 125 Å². The van der Waals surface area contributed by atoms with Crippen LogP contribution in [0.25, 0.3) is 11.4 Å². The van der Waals surface area contributed by atoms with E-state index in [2.05, 4.69) is 62.6 Å². The van der Waals surface area contributed by atoms with E-state index in [0.717, 1.165) is 109 Å². The Morgan fingerprint density at radius 1 is 0.474 bits per heavy atom. The number of amides is 1. The average molecular weight is 1670 g/mol. The van der Waals surface area contributed by atoms with Gasteiger partial charge in [-0.1, -0.05) is 117 Å². The molecule has 1 amide bonds. The first-order valence-corrected chi connectivity index (χ1v) is 39.7. The largest absolute Gasteiger partial charge is 0.497 e. The molecule has 0 bridgehead atoms. The summed E-state index contributed by atoms with van der Waals surface area (Å²) < 4.78 is 150. The van der Waals surface area contributed by atoms with Gasteiger partial charge in [0.15, 0.2) is 34.5 Å². The van der Waals surface area contributed by atoms with Gasteiger partial charge in [-0.15, -0.1) is 34.0 Å². The Bertz CT molecular complexity index is 5200. The smallest absolute Gasteiger partial charge is 0.416 e. The van der Waals surface area contributed by atoms with Crippen molar-refractivity contribution in [2.45, 2.75) is 124 Å². The first-order valence-electron chi connectivity index (χ1n) is 36.7. The highest BCUT2D eigenvalue weighted by Gasteiger charge is 2.33. The number of hydrogen-bond donors (Lipinski definition) is 3. The lowest BCUT2D eigenvalue weighted by atomic mass is 10.1. The Labute approximate surface area is 683 Å². The number of methoxy groups -OCH3 is 2. The maximum atomic E-state index is 13.6. The summed E-state index contributed by atoms with van der Waals surface area (Å²) in [6.07, 6.45) is -7.80. The number of thiazole rings is 3. The molecule has 6 heterocycles. The number of hydrogen-bond acceptors (Lipinski definition) is 20. The van der Waals surface area contributed by atoms with Crippen molar-refractivity contribution in [2.24, 2.45) is 0 Å². The molecule has 0 saturated heterocycles. The highest BCUT2D eigenvalue weighted by molar-refractivity contribution is 7.10. The van der Waals surface area contributed by atoms with Gasteiger partial charge in [0.25, 0.3) is 11.8 Å². The highest BCUT2D eigenvalue weighted by atomic mass is 35.5. The second-order valence-electron chi connectivity index (χ2n) is 27.6. The van der Waals surface area contributed by atoms with Crippen molar-refractivity contribution >= 4 is 62.9 Å². The summed E-state index contributed by atoms with van der Waals surface area (Å²) in [5.74, 6) is 2.39. The Kier molecular flexibility index (Phi) is 28.3. The molecule has 0 aliphatic carbocycles. The second-order valence-corrected chi connectivity index (χ2v) is 30.9. The molecule has 18 nitrogen and oxygen atoms in total. The minimum Gasteiger partial charge on any atom is -0.497 e. The normalized spacial score (nSPS) is 12.9. The monoisotopic (exact) mass is 1670 g/mol. The van der Waals surface area contributed by atoms with E-state index in [1.165, 1.54) is 64.3 Å². The van der Waals surface area contributed by atoms with Gasteiger partial charge in [0.2, 0.25) is 20.4 Å². The van der Waals surface area contributed by atoms with Crippen LogP contribution in [0, 0.1) is 0 Å². The summed E-state index contributed by atoms with van der Waals surface area (Å²) >= 11 is 10.5. The minimum atomic E-state index is -4.39. The van der Waals surface area contributed by atoms with Crippen LogP contribution in [-0.2, 0) is 90.3 Å². The molecule has 0 spiro atoms. The molecule has 14 rings (SSSR count). The number of carbonyl (C=O) groups is 1. The number of benzene rings is 8. The molecule has 0 radical (unpaired) electrons. The number of aromatic nitrogens is 3. The van der Waals surface area contributed by atoms with Crippen LogP contribution in [0.4, 0.5) is 35.1 Å². The zero-order valence-electron chi connectivity index (χ0n) is 64.0. The maximum absolute atomic E-state index is 13.6. The molecule has 3 aliphatic rings. The van der Waals surface area contributed by atoms with Crippen molar-refractivity contribution in [3.63, 3.8) is 0 Å². The maximum Gasteiger partial charge on any atom is 0.416 e. The molecular weight excluding hydrogens is 1590 g/mol. The Hall–Kier alpha value is -10.8. The molecule has 8 aromatic carbocycles. The summed E-state index contributed by atoms with van der Waals surface area (Å²) in [5, 5.41) is 18.0. The van der Waals surface area contributed by atoms with Crippen LogP contribution >= 0.6 is 45.6 Å². The van der Waals surface area contributed by atoms with Gasteiger partial charge in [-0.3, -0.25) is 19.5 Å². The van der Waals surface area contributed by atoms with E-state index in [0.29, 0.717) is 121 Å². The quantitative estimate of drug-likeness (QED) is 0.0339. The fourth-order valence-electron chi connectivity index (χ4n) is 12.5. The van der Waals surface area contributed by atoms with Crippen molar-refractivity contribution in [2.75, 3.05) is 34.6 Å². The van der Waals surface area contributed by atoms with Crippen LogP contribution in [0.5, 0.6) is 46.0 Å². The number of ether oxygens (including phenoxy) is 8. The van der Waals surface area contributed by atoms with Gasteiger partial charge < -0.3 is 53.8 Å². The van der Waals surface area contributed by atoms with Gasteiger partial charge in [0.1, 0.15) is 32.2 Å². The third-order valence-electron chi connectivity index (χ3n) is 18.7. The molecule has 0 saturated carbocycles. The zero-order valence-corrected chi connectivity index (χ0v) is 67.2. The summed E-state index contributed by atoms with van der Waals surface area (Å²) in [6.45, 7) is 18.9. The Morgan fingerprint density at radius 2 is 0.879 bits per heavy atom. The molecular formula is C86H84ClF8N9O9S3. The molecule has 0 fully saturated rings. The van der Waals surface area contributed by atoms with Crippen LogP contribution in [0.15, 0.2) is 199 Å². The highest BCUT2D eigenvalue weighted by Crippen LogP contribution is 2.39.